The van der Waals surface area contributed by atoms with E-state index < -0.39 is 0 Å². The van der Waals surface area contributed by atoms with Gasteiger partial charge in [-0.3, -0.25) is 0 Å². The SMILES string of the molecule is C1=C(c2ccccc2)C=C(c2ccccc2)CC=C1n1c2ccccc2c2c3oc4ccccc4c3ccc21. The van der Waals surface area contributed by atoms with Crippen molar-refractivity contribution in [2.45, 2.75) is 6.42 Å². The summed E-state index contributed by atoms with van der Waals surface area (Å²) in [5, 5.41) is 4.68. The lowest BCUT2D eigenvalue weighted by Crippen LogP contribution is -1.95. The molecule has 2 aromatic heterocycles. The minimum absolute atomic E-state index is 0.840. The van der Waals surface area contributed by atoms with Crippen LogP contribution in [-0.4, -0.2) is 4.57 Å². The largest absolute Gasteiger partial charge is 0.455 e. The maximum absolute atomic E-state index is 6.51. The van der Waals surface area contributed by atoms with Crippen molar-refractivity contribution in [2.75, 3.05) is 0 Å². The van der Waals surface area contributed by atoms with Crippen LogP contribution in [0.1, 0.15) is 17.5 Å². The van der Waals surface area contributed by atoms with E-state index in [1.54, 1.807) is 0 Å². The highest BCUT2D eigenvalue weighted by atomic mass is 16.3. The molecule has 8 rings (SSSR count). The number of para-hydroxylation sites is 2. The van der Waals surface area contributed by atoms with Crippen LogP contribution in [0.4, 0.5) is 0 Å². The summed E-state index contributed by atoms with van der Waals surface area (Å²) < 4.78 is 8.91. The Hall–Kier alpha value is -5.08. The first-order chi connectivity index (χ1) is 19.3. The van der Waals surface area contributed by atoms with E-state index in [0.717, 1.165) is 45.0 Å². The van der Waals surface area contributed by atoms with Crippen molar-refractivity contribution in [1.82, 2.24) is 4.57 Å². The van der Waals surface area contributed by atoms with Gasteiger partial charge in [0.05, 0.1) is 16.4 Å². The number of allylic oxidation sites excluding steroid dienone is 6. The highest BCUT2D eigenvalue weighted by molar-refractivity contribution is 6.24. The molecule has 0 aliphatic heterocycles. The van der Waals surface area contributed by atoms with E-state index in [2.05, 4.69) is 138 Å². The number of rotatable bonds is 3. The molecule has 0 saturated carbocycles. The number of hydrogen-bond donors (Lipinski definition) is 0. The van der Waals surface area contributed by atoms with E-state index in [9.17, 15) is 0 Å². The minimum Gasteiger partial charge on any atom is -0.455 e. The van der Waals surface area contributed by atoms with Crippen molar-refractivity contribution >= 4 is 60.6 Å². The molecule has 0 amide bonds. The van der Waals surface area contributed by atoms with Crippen molar-refractivity contribution in [3.05, 3.63) is 151 Å². The van der Waals surface area contributed by atoms with Gasteiger partial charge in [0.15, 0.2) is 0 Å². The number of nitrogens with zero attached hydrogens (tertiary/aromatic N) is 1. The fraction of sp³-hybridized carbons (Fsp3) is 0.0270. The van der Waals surface area contributed by atoms with E-state index in [0.29, 0.717) is 0 Å². The van der Waals surface area contributed by atoms with Crippen LogP contribution in [0.5, 0.6) is 0 Å². The molecule has 0 unspecified atom stereocenters. The predicted octanol–water partition coefficient (Wildman–Crippen LogP) is 10.1. The first-order valence-electron chi connectivity index (χ1n) is 13.4. The number of fused-ring (bicyclic) bond motifs is 7. The van der Waals surface area contributed by atoms with Crippen LogP contribution in [-0.2, 0) is 0 Å². The van der Waals surface area contributed by atoms with Gasteiger partial charge in [-0.25, -0.2) is 0 Å². The molecule has 0 fully saturated rings. The highest BCUT2D eigenvalue weighted by Crippen LogP contribution is 2.41. The van der Waals surface area contributed by atoms with Crippen LogP contribution in [0.3, 0.4) is 0 Å². The summed E-state index contributed by atoms with van der Waals surface area (Å²) in [6.45, 7) is 0. The van der Waals surface area contributed by atoms with Gasteiger partial charge in [-0.05, 0) is 59.0 Å². The third-order valence-corrected chi connectivity index (χ3v) is 7.85. The quantitative estimate of drug-likeness (QED) is 0.236. The maximum atomic E-state index is 6.51. The van der Waals surface area contributed by atoms with Crippen molar-refractivity contribution in [3.63, 3.8) is 0 Å². The molecule has 0 radical (unpaired) electrons. The summed E-state index contributed by atoms with van der Waals surface area (Å²) >= 11 is 0. The Bertz CT molecular complexity index is 2120. The highest BCUT2D eigenvalue weighted by Gasteiger charge is 2.20. The predicted molar refractivity (Wildman–Crippen MR) is 164 cm³/mol. The lowest BCUT2D eigenvalue weighted by molar-refractivity contribution is 0.673. The maximum Gasteiger partial charge on any atom is 0.145 e. The summed E-state index contributed by atoms with van der Waals surface area (Å²) in [5.41, 5.74) is 10.3. The summed E-state index contributed by atoms with van der Waals surface area (Å²) in [7, 11) is 0. The number of benzene rings is 5. The van der Waals surface area contributed by atoms with Crippen molar-refractivity contribution < 1.29 is 4.42 Å². The van der Waals surface area contributed by atoms with Crippen LogP contribution >= 0.6 is 0 Å². The minimum atomic E-state index is 0.840. The van der Waals surface area contributed by atoms with Gasteiger partial charge in [-0.15, -0.1) is 0 Å². The van der Waals surface area contributed by atoms with E-state index in [4.69, 9.17) is 4.42 Å². The molecular weight excluding hydrogens is 474 g/mol. The van der Waals surface area contributed by atoms with Gasteiger partial charge in [0.1, 0.15) is 11.2 Å². The molecule has 0 N–H and O–H groups in total. The van der Waals surface area contributed by atoms with Gasteiger partial charge in [0, 0.05) is 21.9 Å². The average Bonchev–Trinajstić information content (AvgIpc) is 3.45. The van der Waals surface area contributed by atoms with Gasteiger partial charge in [-0.1, -0.05) is 109 Å². The molecular formula is C37H25NO. The molecule has 2 heteroatoms. The smallest absolute Gasteiger partial charge is 0.145 e. The molecule has 0 bridgehead atoms. The lowest BCUT2D eigenvalue weighted by atomic mass is 9.98. The summed E-state index contributed by atoms with van der Waals surface area (Å²) in [5.74, 6) is 0. The Morgan fingerprint density at radius 1 is 0.538 bits per heavy atom. The van der Waals surface area contributed by atoms with Crippen LogP contribution in [0, 0.1) is 0 Å². The Labute approximate surface area is 226 Å². The van der Waals surface area contributed by atoms with Crippen LogP contribution in [0.2, 0.25) is 0 Å². The van der Waals surface area contributed by atoms with E-state index in [-0.39, 0.29) is 0 Å². The monoisotopic (exact) mass is 499 g/mol. The Morgan fingerprint density at radius 3 is 2.05 bits per heavy atom. The molecule has 1 aliphatic rings. The van der Waals surface area contributed by atoms with E-state index >= 15 is 0 Å². The van der Waals surface area contributed by atoms with Gasteiger partial charge in [0.2, 0.25) is 0 Å². The van der Waals surface area contributed by atoms with Gasteiger partial charge >= 0.3 is 0 Å². The first kappa shape index (κ1) is 22.0. The van der Waals surface area contributed by atoms with Crippen molar-refractivity contribution in [3.8, 4) is 0 Å². The summed E-state index contributed by atoms with van der Waals surface area (Å²) in [6, 6.07) is 42.9. The molecule has 0 saturated heterocycles. The number of aromatic nitrogens is 1. The second kappa shape index (κ2) is 8.75. The van der Waals surface area contributed by atoms with E-state index in [1.165, 1.54) is 33.2 Å². The molecule has 0 atom stereocenters. The van der Waals surface area contributed by atoms with Gasteiger partial charge < -0.3 is 8.98 Å². The molecule has 0 spiro atoms. The molecule has 1 aliphatic carbocycles. The Balaban J connectivity index is 1.41. The fourth-order valence-electron chi connectivity index (χ4n) is 6.04. The Kier molecular flexibility index (Phi) is 4.92. The van der Waals surface area contributed by atoms with Crippen molar-refractivity contribution in [2.24, 2.45) is 0 Å². The molecule has 7 aromatic rings. The number of furan rings is 1. The molecule has 2 nitrogen and oxygen atoms in total. The zero-order valence-electron chi connectivity index (χ0n) is 21.3. The van der Waals surface area contributed by atoms with Crippen LogP contribution in [0.15, 0.2) is 144 Å². The van der Waals surface area contributed by atoms with Gasteiger partial charge in [0.25, 0.3) is 0 Å². The number of hydrogen-bond acceptors (Lipinski definition) is 1. The lowest BCUT2D eigenvalue weighted by Gasteiger charge is -2.10. The molecule has 5 aromatic carbocycles. The fourth-order valence-corrected chi connectivity index (χ4v) is 6.04. The average molecular weight is 500 g/mol. The summed E-state index contributed by atoms with van der Waals surface area (Å²) in [6.07, 6.45) is 7.88. The second-order valence-corrected chi connectivity index (χ2v) is 10.1. The zero-order chi connectivity index (χ0) is 25.8. The molecule has 184 valence electrons. The van der Waals surface area contributed by atoms with Crippen LogP contribution in [0.25, 0.3) is 60.6 Å². The summed E-state index contributed by atoms with van der Waals surface area (Å²) in [4.78, 5) is 0. The van der Waals surface area contributed by atoms with Gasteiger partial charge in [-0.2, -0.15) is 0 Å². The first-order valence-corrected chi connectivity index (χ1v) is 13.4. The van der Waals surface area contributed by atoms with Crippen molar-refractivity contribution in [1.29, 1.82) is 0 Å². The standard InChI is InChI=1S/C37H25NO/c1-3-11-25(12-4-1)27-19-20-29(24-28(23-27)26-13-5-2-6-14-26)38-33-17-9-7-16-32(33)36-34(38)22-21-31-30-15-8-10-18-35(30)39-37(31)36/h1-18,20-24H,19H2. The second-order valence-electron chi connectivity index (χ2n) is 10.1. The van der Waals surface area contributed by atoms with Crippen LogP contribution < -0.4 is 0 Å². The Morgan fingerprint density at radius 2 is 1.23 bits per heavy atom. The zero-order valence-corrected chi connectivity index (χ0v) is 21.3. The third-order valence-electron chi connectivity index (χ3n) is 7.85. The molecule has 39 heavy (non-hydrogen) atoms. The topological polar surface area (TPSA) is 18.1 Å². The normalized spacial score (nSPS) is 14.0. The third kappa shape index (κ3) is 3.49. The molecule has 2 heterocycles. The van der Waals surface area contributed by atoms with E-state index in [1.807, 2.05) is 6.07 Å².